The minimum Gasteiger partial charge on any atom is -0.266 e. The largest absolute Gasteiger partial charge is 0.289 e. The third kappa shape index (κ3) is 4.31. The van der Waals surface area contributed by atoms with E-state index in [-0.39, 0.29) is 5.91 Å². The summed E-state index contributed by atoms with van der Waals surface area (Å²) in [4.78, 5) is 15.7. The third-order valence-corrected chi connectivity index (χ3v) is 2.86. The first-order valence-corrected chi connectivity index (χ1v) is 6.54. The Hall–Kier alpha value is -2.49. The van der Waals surface area contributed by atoms with Crippen LogP contribution in [0.5, 0.6) is 0 Å². The van der Waals surface area contributed by atoms with Crippen molar-refractivity contribution in [3.8, 4) is 0 Å². The topological polar surface area (TPSA) is 54.4 Å². The molecule has 0 aliphatic heterocycles. The van der Waals surface area contributed by atoms with E-state index < -0.39 is 0 Å². The zero-order valence-electron chi connectivity index (χ0n) is 11.4. The Labute approximate surface area is 118 Å². The Morgan fingerprint density at radius 3 is 2.60 bits per heavy atom. The molecule has 2 rings (SSSR count). The number of hydrogen-bond acceptors (Lipinski definition) is 3. The van der Waals surface area contributed by atoms with Crippen molar-refractivity contribution in [1.82, 2.24) is 10.4 Å². The summed E-state index contributed by atoms with van der Waals surface area (Å²) < 4.78 is 0. The zero-order valence-corrected chi connectivity index (χ0v) is 11.4. The number of nitrogens with zero attached hydrogens (tertiary/aromatic N) is 2. The first-order valence-electron chi connectivity index (χ1n) is 6.54. The van der Waals surface area contributed by atoms with Crippen LogP contribution in [-0.4, -0.2) is 16.6 Å². The summed E-state index contributed by atoms with van der Waals surface area (Å²) in [6.07, 6.45) is 3.31. The first kappa shape index (κ1) is 13.9. The fourth-order valence-electron chi connectivity index (χ4n) is 1.73. The van der Waals surface area contributed by atoms with Crippen LogP contribution in [0.2, 0.25) is 0 Å². The molecule has 4 heteroatoms. The summed E-state index contributed by atoms with van der Waals surface area (Å²) in [6, 6.07) is 15.4. The van der Waals surface area contributed by atoms with Crippen LogP contribution in [0.15, 0.2) is 59.8 Å². The van der Waals surface area contributed by atoms with Gasteiger partial charge in [0.1, 0.15) is 5.69 Å². The molecule has 102 valence electrons. The monoisotopic (exact) mass is 267 g/mol. The number of aromatic nitrogens is 1. The average molecular weight is 267 g/mol. The number of benzene rings is 1. The predicted octanol–water partition coefficient (Wildman–Crippen LogP) is 2.82. The standard InChI is InChI=1S/C16H17N3O/c1-13(10-11-14-7-3-2-4-8-14)18-19-16(20)15-9-5-6-12-17-15/h2-9,12H,10-11H2,1H3,(H,19,20)/b18-13-. The molecule has 0 unspecified atom stereocenters. The van der Waals surface area contributed by atoms with Crippen molar-refractivity contribution in [2.75, 3.05) is 0 Å². The summed E-state index contributed by atoms with van der Waals surface area (Å²) in [7, 11) is 0. The van der Waals surface area contributed by atoms with Crippen molar-refractivity contribution < 1.29 is 4.79 Å². The van der Waals surface area contributed by atoms with E-state index in [1.807, 2.05) is 25.1 Å². The van der Waals surface area contributed by atoms with Crippen LogP contribution in [0, 0.1) is 0 Å². The summed E-state index contributed by atoms with van der Waals surface area (Å²) in [5, 5.41) is 4.09. The van der Waals surface area contributed by atoms with Crippen LogP contribution >= 0.6 is 0 Å². The van der Waals surface area contributed by atoms with Crippen LogP contribution in [0.3, 0.4) is 0 Å². The molecule has 1 heterocycles. The van der Waals surface area contributed by atoms with Gasteiger partial charge in [-0.3, -0.25) is 9.78 Å². The van der Waals surface area contributed by atoms with E-state index in [0.29, 0.717) is 5.69 Å². The number of pyridine rings is 1. The molecule has 0 aliphatic rings. The Morgan fingerprint density at radius 1 is 1.15 bits per heavy atom. The summed E-state index contributed by atoms with van der Waals surface area (Å²) in [6.45, 7) is 1.90. The van der Waals surface area contributed by atoms with Crippen molar-refractivity contribution in [2.24, 2.45) is 5.10 Å². The number of amides is 1. The maximum atomic E-state index is 11.7. The average Bonchev–Trinajstić information content (AvgIpc) is 2.52. The summed E-state index contributed by atoms with van der Waals surface area (Å²) >= 11 is 0. The van der Waals surface area contributed by atoms with E-state index in [9.17, 15) is 4.79 Å². The van der Waals surface area contributed by atoms with Crippen LogP contribution in [0.1, 0.15) is 29.4 Å². The molecule has 1 amide bonds. The van der Waals surface area contributed by atoms with Crippen molar-refractivity contribution in [3.63, 3.8) is 0 Å². The summed E-state index contributed by atoms with van der Waals surface area (Å²) in [5.41, 5.74) is 5.04. The smallest absolute Gasteiger partial charge is 0.266 e. The quantitative estimate of drug-likeness (QED) is 0.669. The van der Waals surface area contributed by atoms with Gasteiger partial charge in [0.15, 0.2) is 0 Å². The maximum absolute atomic E-state index is 11.7. The van der Waals surface area contributed by atoms with Gasteiger partial charge in [-0.2, -0.15) is 5.10 Å². The van der Waals surface area contributed by atoms with Crippen molar-refractivity contribution >= 4 is 11.6 Å². The van der Waals surface area contributed by atoms with Crippen LogP contribution in [0.25, 0.3) is 0 Å². The second-order valence-electron chi connectivity index (χ2n) is 4.49. The Balaban J connectivity index is 1.84. The number of aryl methyl sites for hydroxylation is 1. The molecule has 1 aromatic heterocycles. The van der Waals surface area contributed by atoms with Crippen molar-refractivity contribution in [2.45, 2.75) is 19.8 Å². The van der Waals surface area contributed by atoms with Gasteiger partial charge in [0.2, 0.25) is 0 Å². The molecule has 0 atom stereocenters. The molecule has 1 N–H and O–H groups in total. The van der Waals surface area contributed by atoms with Gasteiger partial charge in [-0.25, -0.2) is 5.43 Å². The molecule has 2 aromatic rings. The van der Waals surface area contributed by atoms with Crippen molar-refractivity contribution in [3.05, 3.63) is 66.0 Å². The Morgan fingerprint density at radius 2 is 1.90 bits per heavy atom. The lowest BCUT2D eigenvalue weighted by atomic mass is 10.1. The van der Waals surface area contributed by atoms with Crippen LogP contribution < -0.4 is 5.43 Å². The molecule has 1 aromatic carbocycles. The second-order valence-corrected chi connectivity index (χ2v) is 4.49. The third-order valence-electron chi connectivity index (χ3n) is 2.86. The summed E-state index contributed by atoms with van der Waals surface area (Å²) in [5.74, 6) is -0.287. The lowest BCUT2D eigenvalue weighted by Crippen LogP contribution is -2.20. The van der Waals surface area contributed by atoms with E-state index in [2.05, 4.69) is 27.6 Å². The highest BCUT2D eigenvalue weighted by atomic mass is 16.2. The fourth-order valence-corrected chi connectivity index (χ4v) is 1.73. The van der Waals surface area contributed by atoms with Gasteiger partial charge in [0, 0.05) is 11.9 Å². The molecular weight excluding hydrogens is 250 g/mol. The van der Waals surface area contributed by atoms with Gasteiger partial charge in [0.25, 0.3) is 5.91 Å². The predicted molar refractivity (Wildman–Crippen MR) is 79.6 cm³/mol. The minimum absolute atomic E-state index is 0.287. The van der Waals surface area contributed by atoms with E-state index in [1.165, 1.54) is 5.56 Å². The van der Waals surface area contributed by atoms with E-state index >= 15 is 0 Å². The number of nitrogens with one attached hydrogen (secondary N) is 1. The van der Waals surface area contributed by atoms with E-state index in [4.69, 9.17) is 0 Å². The number of hydrogen-bond donors (Lipinski definition) is 1. The molecule has 0 spiro atoms. The number of rotatable bonds is 5. The molecule has 20 heavy (non-hydrogen) atoms. The molecule has 0 fully saturated rings. The normalized spacial score (nSPS) is 11.2. The van der Waals surface area contributed by atoms with E-state index in [1.54, 1.807) is 24.4 Å². The zero-order chi connectivity index (χ0) is 14.2. The van der Waals surface area contributed by atoms with Gasteiger partial charge in [-0.05, 0) is 37.5 Å². The first-order chi connectivity index (χ1) is 9.75. The molecule has 0 saturated carbocycles. The molecule has 0 saturated heterocycles. The van der Waals surface area contributed by atoms with Crippen molar-refractivity contribution in [1.29, 1.82) is 0 Å². The van der Waals surface area contributed by atoms with Gasteiger partial charge in [0.05, 0.1) is 0 Å². The van der Waals surface area contributed by atoms with Gasteiger partial charge in [-0.1, -0.05) is 36.4 Å². The molecular formula is C16H17N3O. The highest BCUT2D eigenvalue weighted by Gasteiger charge is 2.04. The van der Waals surface area contributed by atoms with Crippen LogP contribution in [-0.2, 0) is 6.42 Å². The Bertz CT molecular complexity index is 579. The van der Waals surface area contributed by atoms with Crippen LogP contribution in [0.4, 0.5) is 0 Å². The second kappa shape index (κ2) is 7.19. The Kier molecular flexibility index (Phi) is 5.00. The van der Waals surface area contributed by atoms with Gasteiger partial charge in [-0.15, -0.1) is 0 Å². The SMILES string of the molecule is C/C(CCc1ccccc1)=N/NC(=O)c1ccccn1. The molecule has 0 bridgehead atoms. The molecule has 0 radical (unpaired) electrons. The maximum Gasteiger partial charge on any atom is 0.289 e. The minimum atomic E-state index is -0.287. The number of carbonyl (C=O) groups is 1. The fraction of sp³-hybridized carbons (Fsp3) is 0.188. The van der Waals surface area contributed by atoms with E-state index in [0.717, 1.165) is 18.6 Å². The molecule has 0 aliphatic carbocycles. The van der Waals surface area contributed by atoms with Gasteiger partial charge >= 0.3 is 0 Å². The lowest BCUT2D eigenvalue weighted by molar-refractivity contribution is 0.0949. The lowest BCUT2D eigenvalue weighted by Gasteiger charge is -2.03. The number of carbonyl (C=O) groups excluding carboxylic acids is 1. The highest BCUT2D eigenvalue weighted by Crippen LogP contribution is 2.03. The number of hydrazone groups is 1. The highest BCUT2D eigenvalue weighted by molar-refractivity contribution is 5.93. The van der Waals surface area contributed by atoms with Gasteiger partial charge < -0.3 is 0 Å². The molecule has 4 nitrogen and oxygen atoms in total.